The summed E-state index contributed by atoms with van der Waals surface area (Å²) in [5, 5.41) is 0.753. The fraction of sp³-hybridized carbons (Fsp3) is 0.263. The number of hydrogen-bond acceptors (Lipinski definition) is 8. The van der Waals surface area contributed by atoms with Gasteiger partial charge in [0.1, 0.15) is 0 Å². The van der Waals surface area contributed by atoms with Crippen molar-refractivity contribution in [1.82, 2.24) is 9.80 Å². The summed E-state index contributed by atoms with van der Waals surface area (Å²) >= 11 is 0. The minimum atomic E-state index is -0.434. The standard InChI is InChI=1S/C38H38N6O4/c1-41(2)27-11-7-25(8-12-27)23-39-19-5-21-43-35(45)29-15-17-31-34-32(18-16-30(33(29)34)36(43)46)38(48)44(37(31)47)22-6-20-40-24-26-9-13-28(14-10-26)42(3)4/h7-18,23-24H,5-6,19-22H2,1-4H3. The molecular weight excluding hydrogens is 604 g/mol. The van der Waals surface area contributed by atoms with Crippen LogP contribution in [0, 0.1) is 0 Å². The Bertz CT molecular complexity index is 1750. The molecule has 0 fully saturated rings. The first kappa shape index (κ1) is 32.3. The monoisotopic (exact) mass is 642 g/mol. The van der Waals surface area contributed by atoms with E-state index in [9.17, 15) is 19.2 Å². The summed E-state index contributed by atoms with van der Waals surface area (Å²) in [5.74, 6) is -1.74. The molecule has 0 saturated heterocycles. The van der Waals surface area contributed by atoms with Crippen molar-refractivity contribution in [2.24, 2.45) is 9.98 Å². The molecule has 2 heterocycles. The zero-order valence-electron chi connectivity index (χ0n) is 27.6. The molecule has 0 atom stereocenters. The molecule has 4 amide bonds. The summed E-state index contributed by atoms with van der Waals surface area (Å²) in [6.45, 7) is 1.30. The van der Waals surface area contributed by atoms with E-state index in [0.29, 0.717) is 59.0 Å². The van der Waals surface area contributed by atoms with Gasteiger partial charge in [-0.2, -0.15) is 0 Å². The van der Waals surface area contributed by atoms with Crippen molar-refractivity contribution < 1.29 is 19.2 Å². The zero-order valence-corrected chi connectivity index (χ0v) is 27.6. The van der Waals surface area contributed by atoms with Crippen LogP contribution in [0.3, 0.4) is 0 Å². The average molecular weight is 643 g/mol. The van der Waals surface area contributed by atoms with E-state index in [1.165, 1.54) is 9.80 Å². The van der Waals surface area contributed by atoms with E-state index in [-0.39, 0.29) is 13.1 Å². The fourth-order valence-corrected chi connectivity index (χ4v) is 6.08. The predicted molar refractivity (Wildman–Crippen MR) is 190 cm³/mol. The molecule has 244 valence electrons. The number of hydrogen-bond donors (Lipinski definition) is 0. The lowest BCUT2D eigenvalue weighted by molar-refractivity contribution is 0.0588. The molecule has 0 aromatic heterocycles. The summed E-state index contributed by atoms with van der Waals surface area (Å²) in [4.78, 5) is 69.7. The summed E-state index contributed by atoms with van der Waals surface area (Å²) in [6, 6.07) is 22.4. The molecule has 0 spiro atoms. The molecule has 10 heteroatoms. The molecule has 0 N–H and O–H groups in total. The summed E-state index contributed by atoms with van der Waals surface area (Å²) in [7, 11) is 7.94. The number of amides is 4. The Kier molecular flexibility index (Phi) is 9.16. The topological polar surface area (TPSA) is 106 Å². The first-order valence-corrected chi connectivity index (χ1v) is 16.0. The van der Waals surface area contributed by atoms with Crippen molar-refractivity contribution in [3.8, 4) is 0 Å². The normalized spacial score (nSPS) is 14.2. The maximum Gasteiger partial charge on any atom is 0.261 e. The van der Waals surface area contributed by atoms with Gasteiger partial charge in [-0.1, -0.05) is 24.3 Å². The van der Waals surface area contributed by atoms with Gasteiger partial charge in [-0.15, -0.1) is 0 Å². The largest absolute Gasteiger partial charge is 0.378 e. The molecule has 6 rings (SSSR count). The van der Waals surface area contributed by atoms with Crippen LogP contribution in [-0.4, -0.2) is 100 Å². The van der Waals surface area contributed by atoms with Gasteiger partial charge in [0.2, 0.25) is 0 Å². The summed E-state index contributed by atoms with van der Waals surface area (Å²) in [6.07, 6.45) is 4.56. The van der Waals surface area contributed by atoms with Crippen LogP contribution in [0.25, 0.3) is 10.8 Å². The Balaban J connectivity index is 1.11. The second kappa shape index (κ2) is 13.6. The van der Waals surface area contributed by atoms with Crippen LogP contribution < -0.4 is 9.80 Å². The molecule has 48 heavy (non-hydrogen) atoms. The van der Waals surface area contributed by atoms with E-state index in [1.54, 1.807) is 36.7 Å². The van der Waals surface area contributed by atoms with Gasteiger partial charge < -0.3 is 9.80 Å². The third kappa shape index (κ3) is 6.21. The molecule has 10 nitrogen and oxygen atoms in total. The van der Waals surface area contributed by atoms with Gasteiger partial charge in [-0.25, -0.2) is 0 Å². The van der Waals surface area contributed by atoms with Gasteiger partial charge >= 0.3 is 0 Å². The highest BCUT2D eigenvalue weighted by atomic mass is 16.2. The Morgan fingerprint density at radius 2 is 0.812 bits per heavy atom. The Hall–Kier alpha value is -5.64. The molecule has 0 radical (unpaired) electrons. The fourth-order valence-electron chi connectivity index (χ4n) is 6.08. The number of nitrogens with zero attached hydrogens (tertiary/aromatic N) is 6. The van der Waals surface area contributed by atoms with E-state index in [0.717, 1.165) is 22.5 Å². The van der Waals surface area contributed by atoms with Crippen LogP contribution in [0.15, 0.2) is 82.8 Å². The number of benzene rings is 4. The average Bonchev–Trinajstić information content (AvgIpc) is 3.08. The van der Waals surface area contributed by atoms with Crippen LogP contribution in [0.1, 0.15) is 65.4 Å². The lowest BCUT2D eigenvalue weighted by Gasteiger charge is -2.31. The highest BCUT2D eigenvalue weighted by Crippen LogP contribution is 2.38. The first-order chi connectivity index (χ1) is 23.2. The molecule has 0 saturated carbocycles. The van der Waals surface area contributed by atoms with E-state index in [1.807, 2.05) is 86.5 Å². The Labute approximate surface area is 280 Å². The van der Waals surface area contributed by atoms with E-state index in [2.05, 4.69) is 9.98 Å². The SMILES string of the molecule is CN(C)c1ccc(C=NCCCN2C(=O)c3ccc4c5c(ccc(c35)C2=O)C(=O)N(CCCN=Cc2ccc(N(C)C)cc2)C4=O)cc1. The Morgan fingerprint density at radius 3 is 1.10 bits per heavy atom. The van der Waals surface area contributed by atoms with Gasteiger partial charge in [-0.05, 0) is 72.5 Å². The highest BCUT2D eigenvalue weighted by Gasteiger charge is 2.39. The number of rotatable bonds is 12. The molecule has 4 aromatic carbocycles. The molecule has 2 aliphatic heterocycles. The van der Waals surface area contributed by atoms with E-state index < -0.39 is 23.6 Å². The number of carbonyl (C=O) groups excluding carboxylic acids is 4. The van der Waals surface area contributed by atoms with Crippen molar-refractivity contribution >= 4 is 58.2 Å². The van der Waals surface area contributed by atoms with Gasteiger partial charge in [0.15, 0.2) is 0 Å². The number of anilines is 2. The van der Waals surface area contributed by atoms with Crippen LogP contribution in [0.2, 0.25) is 0 Å². The van der Waals surface area contributed by atoms with Crippen LogP contribution in [0.5, 0.6) is 0 Å². The van der Waals surface area contributed by atoms with Crippen LogP contribution >= 0.6 is 0 Å². The number of imide groups is 2. The number of carbonyl (C=O) groups is 4. The van der Waals surface area contributed by atoms with E-state index >= 15 is 0 Å². The smallest absolute Gasteiger partial charge is 0.261 e. The van der Waals surface area contributed by atoms with Crippen LogP contribution in [-0.2, 0) is 0 Å². The third-order valence-corrected chi connectivity index (χ3v) is 8.70. The quantitative estimate of drug-likeness (QED) is 0.120. The summed E-state index contributed by atoms with van der Waals surface area (Å²) in [5.41, 5.74) is 5.40. The number of aliphatic imine (C=N–C) groups is 2. The van der Waals surface area contributed by atoms with Gasteiger partial charge in [-0.3, -0.25) is 39.0 Å². The van der Waals surface area contributed by atoms with Gasteiger partial charge in [0.05, 0.1) is 0 Å². The lowest BCUT2D eigenvalue weighted by atomic mass is 9.86. The molecule has 4 aromatic rings. The minimum Gasteiger partial charge on any atom is -0.378 e. The highest BCUT2D eigenvalue weighted by molar-refractivity contribution is 6.33. The molecule has 2 aliphatic rings. The van der Waals surface area contributed by atoms with Crippen LogP contribution in [0.4, 0.5) is 11.4 Å². The maximum atomic E-state index is 13.6. The molecule has 0 aliphatic carbocycles. The van der Waals surface area contributed by atoms with Crippen molar-refractivity contribution in [1.29, 1.82) is 0 Å². The lowest BCUT2D eigenvalue weighted by Crippen LogP contribution is -2.44. The van der Waals surface area contributed by atoms with Gasteiger partial charge in [0.25, 0.3) is 23.6 Å². The van der Waals surface area contributed by atoms with Crippen molar-refractivity contribution in [3.05, 3.63) is 106 Å². The molecule has 0 bridgehead atoms. The Morgan fingerprint density at radius 1 is 0.500 bits per heavy atom. The van der Waals surface area contributed by atoms with Gasteiger partial charge in [0, 0.05) is 111 Å². The molecular formula is C38H38N6O4. The van der Waals surface area contributed by atoms with Crippen molar-refractivity contribution in [2.45, 2.75) is 12.8 Å². The van der Waals surface area contributed by atoms with Crippen molar-refractivity contribution in [3.63, 3.8) is 0 Å². The summed E-state index contributed by atoms with van der Waals surface area (Å²) < 4.78 is 0. The maximum absolute atomic E-state index is 13.6. The third-order valence-electron chi connectivity index (χ3n) is 8.70. The second-order valence-electron chi connectivity index (χ2n) is 12.3. The molecule has 0 unspecified atom stereocenters. The second-order valence-corrected chi connectivity index (χ2v) is 12.3. The predicted octanol–water partition coefficient (Wildman–Crippen LogP) is 5.18. The van der Waals surface area contributed by atoms with E-state index in [4.69, 9.17) is 0 Å². The van der Waals surface area contributed by atoms with Crippen molar-refractivity contribution in [2.75, 3.05) is 64.2 Å². The first-order valence-electron chi connectivity index (χ1n) is 16.0. The zero-order chi connectivity index (χ0) is 33.9. The minimum absolute atomic E-state index is 0.203.